The molecule has 1 saturated carbocycles. The number of hydrogen-bond acceptors (Lipinski definition) is 6. The molecule has 0 bridgehead atoms. The molecule has 0 amide bonds. The minimum atomic E-state index is -1.58. The van der Waals surface area contributed by atoms with Crippen molar-refractivity contribution in [1.29, 1.82) is 5.41 Å². The van der Waals surface area contributed by atoms with Gasteiger partial charge in [0.1, 0.15) is 30.5 Å². The number of nitrogens with zero attached hydrogens (tertiary/aromatic N) is 1. The molecule has 1 fully saturated rings. The Morgan fingerprint density at radius 3 is 1.80 bits per heavy atom. The van der Waals surface area contributed by atoms with Crippen molar-refractivity contribution in [2.24, 2.45) is 22.2 Å². The van der Waals surface area contributed by atoms with Gasteiger partial charge in [0.2, 0.25) is 0 Å². The van der Waals surface area contributed by atoms with Crippen LogP contribution in [0.25, 0.3) is 0 Å². The fourth-order valence-corrected chi connectivity index (χ4v) is 1.91. The summed E-state index contributed by atoms with van der Waals surface area (Å²) in [5, 5.41) is 48.2. The molecule has 0 aromatic heterocycles. The van der Waals surface area contributed by atoms with Crippen LogP contribution in [0.3, 0.4) is 0 Å². The van der Waals surface area contributed by atoms with E-state index >= 15 is 0 Å². The standard InChI is InChI=1S/C8H18N6O4.2ClH/c9-7(10)13-1-3(15)2(14-8(11)12)5(17)6(18)4(1)16;;/h1-6,15-18H,(H4,9,10,13)(H4,11,12,14);2*1H/t1-,2+,3-,4+,5-,6-;;. The van der Waals surface area contributed by atoms with Crippen molar-refractivity contribution in [3.05, 3.63) is 0 Å². The maximum atomic E-state index is 9.92. The fourth-order valence-electron chi connectivity index (χ4n) is 1.91. The molecule has 0 aliphatic heterocycles. The van der Waals surface area contributed by atoms with Crippen molar-refractivity contribution in [1.82, 2.24) is 5.32 Å². The Kier molecular flexibility index (Phi) is 8.82. The minimum absolute atomic E-state index is 0. The number of nitrogens with two attached hydrogens (primary N) is 3. The molecule has 0 unspecified atom stereocenters. The lowest BCUT2D eigenvalue weighted by Crippen LogP contribution is -2.68. The molecule has 1 aliphatic carbocycles. The van der Waals surface area contributed by atoms with Crippen LogP contribution in [0.4, 0.5) is 0 Å². The van der Waals surface area contributed by atoms with Crippen LogP contribution in [-0.2, 0) is 0 Å². The molecule has 1 aliphatic rings. The lowest BCUT2D eigenvalue weighted by Gasteiger charge is -2.42. The summed E-state index contributed by atoms with van der Waals surface area (Å²) in [4.78, 5) is 3.59. The summed E-state index contributed by atoms with van der Waals surface area (Å²) in [7, 11) is 0. The van der Waals surface area contributed by atoms with Crippen molar-refractivity contribution >= 4 is 36.7 Å². The van der Waals surface area contributed by atoms with E-state index in [4.69, 9.17) is 22.6 Å². The number of aliphatic imine (C=N–C) groups is 1. The zero-order valence-electron chi connectivity index (χ0n) is 10.2. The first-order chi connectivity index (χ1) is 8.25. The summed E-state index contributed by atoms with van der Waals surface area (Å²) < 4.78 is 0. The normalized spacial score (nSPS) is 36.0. The first-order valence-corrected chi connectivity index (χ1v) is 5.17. The van der Waals surface area contributed by atoms with Crippen LogP contribution in [0.5, 0.6) is 0 Å². The van der Waals surface area contributed by atoms with E-state index in [1.54, 1.807) is 0 Å². The van der Waals surface area contributed by atoms with E-state index in [2.05, 4.69) is 10.3 Å². The molecule has 10 nitrogen and oxygen atoms in total. The van der Waals surface area contributed by atoms with Gasteiger partial charge in [0, 0.05) is 0 Å². The predicted octanol–water partition coefficient (Wildman–Crippen LogP) is -4.22. The highest BCUT2D eigenvalue weighted by Gasteiger charge is 2.49. The third-order valence-corrected chi connectivity index (χ3v) is 2.76. The summed E-state index contributed by atoms with van der Waals surface area (Å²) in [5.74, 6) is -0.895. The molecule has 20 heavy (non-hydrogen) atoms. The SMILES string of the molecule is Cl.Cl.N=C(N)N[C@H]1[C@H](O)[C@@H](N=C(N)N)[C@H](O)[C@@H](O)[C@@H]1O. The summed E-state index contributed by atoms with van der Waals surface area (Å²) in [6, 6.07) is -2.40. The monoisotopic (exact) mass is 334 g/mol. The largest absolute Gasteiger partial charge is 0.389 e. The van der Waals surface area contributed by atoms with E-state index in [1.807, 2.05) is 0 Å². The van der Waals surface area contributed by atoms with E-state index in [0.29, 0.717) is 0 Å². The highest BCUT2D eigenvalue weighted by molar-refractivity contribution is 5.85. The first kappa shape index (κ1) is 21.3. The molecular formula is C8H20Cl2N6O4. The third-order valence-electron chi connectivity index (χ3n) is 2.76. The van der Waals surface area contributed by atoms with Gasteiger partial charge in [-0.05, 0) is 0 Å². The zero-order valence-corrected chi connectivity index (χ0v) is 11.9. The van der Waals surface area contributed by atoms with Gasteiger partial charge in [0.25, 0.3) is 0 Å². The molecule has 120 valence electrons. The molecule has 1 rings (SSSR count). The van der Waals surface area contributed by atoms with Gasteiger partial charge in [-0.15, -0.1) is 24.8 Å². The molecule has 0 saturated heterocycles. The summed E-state index contributed by atoms with van der Waals surface area (Å²) in [6.45, 7) is 0. The highest BCUT2D eigenvalue weighted by atomic mass is 35.5. The number of hydrogen-bond donors (Lipinski definition) is 9. The molecule has 0 aromatic carbocycles. The number of aliphatic hydroxyl groups excluding tert-OH is 4. The van der Waals surface area contributed by atoms with E-state index in [-0.39, 0.29) is 30.8 Å². The van der Waals surface area contributed by atoms with Gasteiger partial charge in [0.05, 0.1) is 6.04 Å². The van der Waals surface area contributed by atoms with Crippen LogP contribution in [0, 0.1) is 5.41 Å². The lowest BCUT2D eigenvalue weighted by atomic mass is 9.82. The Bertz CT molecular complexity index is 356. The van der Waals surface area contributed by atoms with Crippen LogP contribution < -0.4 is 22.5 Å². The van der Waals surface area contributed by atoms with Gasteiger partial charge in [-0.1, -0.05) is 0 Å². The van der Waals surface area contributed by atoms with Crippen LogP contribution in [0.2, 0.25) is 0 Å². The third kappa shape index (κ3) is 4.51. The Morgan fingerprint density at radius 2 is 1.40 bits per heavy atom. The average Bonchev–Trinajstić information content (AvgIpc) is 2.27. The topological polar surface area (TPSA) is 207 Å². The summed E-state index contributed by atoms with van der Waals surface area (Å²) in [5.41, 5.74) is 15.4. The maximum absolute atomic E-state index is 9.92. The van der Waals surface area contributed by atoms with Crippen LogP contribution in [-0.4, -0.2) is 68.8 Å². The smallest absolute Gasteiger partial charge is 0.186 e. The average molecular weight is 335 g/mol. The first-order valence-electron chi connectivity index (χ1n) is 5.17. The van der Waals surface area contributed by atoms with E-state index in [1.165, 1.54) is 0 Å². The van der Waals surface area contributed by atoms with Crippen LogP contribution in [0.1, 0.15) is 0 Å². The second-order valence-corrected chi connectivity index (χ2v) is 4.09. The Labute approximate surface area is 127 Å². The van der Waals surface area contributed by atoms with Gasteiger partial charge in [-0.25, -0.2) is 4.99 Å². The van der Waals surface area contributed by atoms with Gasteiger partial charge in [0.15, 0.2) is 11.9 Å². The van der Waals surface area contributed by atoms with E-state index < -0.39 is 42.5 Å². The molecule has 12 N–H and O–H groups in total. The molecular weight excluding hydrogens is 315 g/mol. The van der Waals surface area contributed by atoms with E-state index in [0.717, 1.165) is 0 Å². The highest BCUT2D eigenvalue weighted by Crippen LogP contribution is 2.23. The number of nitrogens with one attached hydrogen (secondary N) is 2. The Hall–Kier alpha value is -1.04. The second-order valence-electron chi connectivity index (χ2n) is 4.09. The van der Waals surface area contributed by atoms with Crippen molar-refractivity contribution in [2.75, 3.05) is 0 Å². The van der Waals surface area contributed by atoms with Crippen LogP contribution in [0.15, 0.2) is 4.99 Å². The molecule has 0 radical (unpaired) electrons. The fraction of sp³-hybridized carbons (Fsp3) is 0.750. The number of aliphatic hydroxyl groups is 4. The second kappa shape index (κ2) is 8.29. The van der Waals surface area contributed by atoms with Crippen molar-refractivity contribution in [2.45, 2.75) is 36.5 Å². The maximum Gasteiger partial charge on any atom is 0.186 e. The van der Waals surface area contributed by atoms with Gasteiger partial charge >= 0.3 is 0 Å². The molecule has 0 aromatic rings. The van der Waals surface area contributed by atoms with Gasteiger partial charge < -0.3 is 42.9 Å². The Balaban J connectivity index is 0. The van der Waals surface area contributed by atoms with Gasteiger partial charge in [-0.2, -0.15) is 0 Å². The number of rotatable bonds is 2. The molecule has 12 heteroatoms. The lowest BCUT2D eigenvalue weighted by molar-refractivity contribution is -0.140. The van der Waals surface area contributed by atoms with Crippen molar-refractivity contribution in [3.8, 4) is 0 Å². The quantitative estimate of drug-likeness (QED) is 0.178. The molecule has 6 atom stereocenters. The van der Waals surface area contributed by atoms with Crippen molar-refractivity contribution in [3.63, 3.8) is 0 Å². The van der Waals surface area contributed by atoms with Crippen molar-refractivity contribution < 1.29 is 20.4 Å². The molecule has 0 heterocycles. The number of halogens is 2. The minimum Gasteiger partial charge on any atom is -0.389 e. The van der Waals surface area contributed by atoms with Crippen LogP contribution >= 0.6 is 24.8 Å². The van der Waals surface area contributed by atoms with Gasteiger partial charge in [-0.3, -0.25) is 5.41 Å². The zero-order chi connectivity index (χ0) is 14.0. The summed E-state index contributed by atoms with van der Waals surface area (Å²) >= 11 is 0. The van der Waals surface area contributed by atoms with E-state index in [9.17, 15) is 20.4 Å². The molecule has 0 spiro atoms. The Morgan fingerprint density at radius 1 is 0.900 bits per heavy atom. The predicted molar refractivity (Wildman–Crippen MR) is 77.0 cm³/mol. The summed E-state index contributed by atoms with van der Waals surface area (Å²) in [6.07, 6.45) is -6.07. The number of guanidine groups is 2.